The number of amides is 1. The largest absolute Gasteiger partial charge is 0.357 e. The molecule has 1 N–H and O–H groups in total. The number of nitrogens with one attached hydrogen (secondary N) is 1. The van der Waals surface area contributed by atoms with Gasteiger partial charge in [0.1, 0.15) is 17.8 Å². The van der Waals surface area contributed by atoms with Crippen LogP contribution in [0.15, 0.2) is 30.6 Å². The van der Waals surface area contributed by atoms with Crippen LogP contribution in [-0.4, -0.2) is 29.0 Å². The van der Waals surface area contributed by atoms with Gasteiger partial charge in [-0.2, -0.15) is 0 Å². The maximum atomic E-state index is 12.3. The van der Waals surface area contributed by atoms with Crippen LogP contribution in [0.4, 0.5) is 11.5 Å². The van der Waals surface area contributed by atoms with Crippen molar-refractivity contribution >= 4 is 40.6 Å². The summed E-state index contributed by atoms with van der Waals surface area (Å²) in [5.41, 5.74) is 0.892. The highest BCUT2D eigenvalue weighted by molar-refractivity contribution is 6.42. The van der Waals surface area contributed by atoms with E-state index in [1.807, 2.05) is 0 Å². The van der Waals surface area contributed by atoms with Crippen molar-refractivity contribution in [1.82, 2.24) is 9.97 Å². The molecule has 0 unspecified atom stereocenters. The van der Waals surface area contributed by atoms with Gasteiger partial charge >= 0.3 is 0 Å². The number of hydrogen-bond acceptors (Lipinski definition) is 4. The Kier molecular flexibility index (Phi) is 4.45. The van der Waals surface area contributed by atoms with Gasteiger partial charge in [0.2, 0.25) is 0 Å². The number of anilines is 2. The van der Waals surface area contributed by atoms with E-state index < -0.39 is 0 Å². The summed E-state index contributed by atoms with van der Waals surface area (Å²) in [6.07, 6.45) is 3.71. The molecule has 0 saturated carbocycles. The maximum Gasteiger partial charge on any atom is 0.274 e. The third kappa shape index (κ3) is 3.31. The molecule has 1 aromatic heterocycles. The van der Waals surface area contributed by atoms with Gasteiger partial charge < -0.3 is 10.2 Å². The molecular formula is C15H14Cl2N4O. The summed E-state index contributed by atoms with van der Waals surface area (Å²) < 4.78 is 0. The first-order valence-electron chi connectivity index (χ1n) is 6.97. The molecule has 1 aliphatic heterocycles. The first kappa shape index (κ1) is 15.1. The SMILES string of the molecule is O=C(Nc1ccc(Cl)c(Cl)c1)c1cc(N2CCCC2)ncn1. The topological polar surface area (TPSA) is 58.1 Å². The molecule has 22 heavy (non-hydrogen) atoms. The Morgan fingerprint density at radius 3 is 2.59 bits per heavy atom. The zero-order valence-electron chi connectivity index (χ0n) is 11.7. The van der Waals surface area contributed by atoms with E-state index in [1.165, 1.54) is 6.33 Å². The van der Waals surface area contributed by atoms with Crippen molar-refractivity contribution in [3.05, 3.63) is 46.3 Å². The Bertz CT molecular complexity index is 702. The third-order valence-corrected chi connectivity index (χ3v) is 4.23. The fourth-order valence-electron chi connectivity index (χ4n) is 2.36. The first-order chi connectivity index (χ1) is 10.6. The number of carbonyl (C=O) groups is 1. The van der Waals surface area contributed by atoms with Crippen molar-refractivity contribution in [3.8, 4) is 0 Å². The molecule has 1 fully saturated rings. The molecule has 114 valence electrons. The summed E-state index contributed by atoms with van der Waals surface area (Å²) in [4.78, 5) is 22.7. The van der Waals surface area contributed by atoms with Gasteiger partial charge in [0.05, 0.1) is 10.0 Å². The van der Waals surface area contributed by atoms with Gasteiger partial charge in [0.15, 0.2) is 0 Å². The lowest BCUT2D eigenvalue weighted by atomic mass is 10.3. The van der Waals surface area contributed by atoms with E-state index in [0.29, 0.717) is 21.4 Å². The number of carbonyl (C=O) groups excluding carboxylic acids is 1. The summed E-state index contributed by atoms with van der Waals surface area (Å²) in [6, 6.07) is 6.63. The van der Waals surface area contributed by atoms with Crippen LogP contribution in [-0.2, 0) is 0 Å². The number of nitrogens with zero attached hydrogens (tertiary/aromatic N) is 3. The number of halogens is 2. The Labute approximate surface area is 138 Å². The second kappa shape index (κ2) is 6.50. The molecule has 1 saturated heterocycles. The highest BCUT2D eigenvalue weighted by Crippen LogP contribution is 2.25. The van der Waals surface area contributed by atoms with Crippen LogP contribution in [0.25, 0.3) is 0 Å². The standard InChI is InChI=1S/C15H14Cl2N4O/c16-11-4-3-10(7-12(11)17)20-15(22)13-8-14(19-9-18-13)21-5-1-2-6-21/h3-4,7-9H,1-2,5-6H2,(H,20,22). The molecule has 0 spiro atoms. The fourth-order valence-corrected chi connectivity index (χ4v) is 2.66. The lowest BCUT2D eigenvalue weighted by Gasteiger charge is -2.16. The van der Waals surface area contributed by atoms with Gasteiger partial charge in [-0.3, -0.25) is 4.79 Å². The van der Waals surface area contributed by atoms with Crippen LogP contribution in [0, 0.1) is 0 Å². The van der Waals surface area contributed by atoms with E-state index in [-0.39, 0.29) is 5.91 Å². The highest BCUT2D eigenvalue weighted by Gasteiger charge is 2.16. The zero-order valence-corrected chi connectivity index (χ0v) is 13.2. The predicted octanol–water partition coefficient (Wildman–Crippen LogP) is 3.64. The molecule has 1 aromatic carbocycles. The molecule has 0 aliphatic carbocycles. The second-order valence-electron chi connectivity index (χ2n) is 5.04. The van der Waals surface area contributed by atoms with Crippen molar-refractivity contribution < 1.29 is 4.79 Å². The predicted molar refractivity (Wildman–Crippen MR) is 87.9 cm³/mol. The lowest BCUT2D eigenvalue weighted by molar-refractivity contribution is 0.102. The molecule has 1 aliphatic rings. The van der Waals surface area contributed by atoms with Gasteiger partial charge in [-0.05, 0) is 31.0 Å². The van der Waals surface area contributed by atoms with Crippen molar-refractivity contribution in [2.75, 3.05) is 23.3 Å². The van der Waals surface area contributed by atoms with Crippen LogP contribution in [0.3, 0.4) is 0 Å². The highest BCUT2D eigenvalue weighted by atomic mass is 35.5. The minimum atomic E-state index is -0.304. The number of hydrogen-bond donors (Lipinski definition) is 1. The maximum absolute atomic E-state index is 12.3. The molecule has 0 bridgehead atoms. The molecule has 2 aromatic rings. The summed E-state index contributed by atoms with van der Waals surface area (Å²) in [5.74, 6) is 0.480. The van der Waals surface area contributed by atoms with E-state index in [0.717, 1.165) is 31.7 Å². The minimum absolute atomic E-state index is 0.304. The van der Waals surface area contributed by atoms with Gasteiger partial charge in [0, 0.05) is 24.8 Å². The number of benzene rings is 1. The molecule has 0 radical (unpaired) electrons. The number of rotatable bonds is 3. The van der Waals surface area contributed by atoms with E-state index >= 15 is 0 Å². The van der Waals surface area contributed by atoms with Gasteiger partial charge in [-0.25, -0.2) is 9.97 Å². The van der Waals surface area contributed by atoms with Crippen molar-refractivity contribution in [3.63, 3.8) is 0 Å². The fraction of sp³-hybridized carbons (Fsp3) is 0.267. The Morgan fingerprint density at radius 1 is 1.09 bits per heavy atom. The Balaban J connectivity index is 1.76. The summed E-state index contributed by atoms with van der Waals surface area (Å²) >= 11 is 11.8. The van der Waals surface area contributed by atoms with E-state index in [2.05, 4.69) is 20.2 Å². The molecule has 2 heterocycles. The Hall–Kier alpha value is -1.85. The average molecular weight is 337 g/mol. The average Bonchev–Trinajstić information content (AvgIpc) is 3.05. The van der Waals surface area contributed by atoms with Gasteiger partial charge in [0.25, 0.3) is 5.91 Å². The molecule has 5 nitrogen and oxygen atoms in total. The van der Waals surface area contributed by atoms with Crippen molar-refractivity contribution in [2.45, 2.75) is 12.8 Å². The monoisotopic (exact) mass is 336 g/mol. The summed E-state index contributed by atoms with van der Waals surface area (Å²) in [5, 5.41) is 3.58. The molecule has 7 heteroatoms. The zero-order chi connectivity index (χ0) is 15.5. The Morgan fingerprint density at radius 2 is 1.86 bits per heavy atom. The lowest BCUT2D eigenvalue weighted by Crippen LogP contribution is -2.21. The third-order valence-electron chi connectivity index (χ3n) is 3.49. The van der Waals surface area contributed by atoms with Crippen LogP contribution < -0.4 is 10.2 Å². The van der Waals surface area contributed by atoms with E-state index in [1.54, 1.807) is 24.3 Å². The van der Waals surface area contributed by atoms with E-state index in [9.17, 15) is 4.79 Å². The van der Waals surface area contributed by atoms with Crippen LogP contribution in [0.2, 0.25) is 10.0 Å². The summed E-state index contributed by atoms with van der Waals surface area (Å²) in [6.45, 7) is 1.93. The van der Waals surface area contributed by atoms with Gasteiger partial charge in [-0.1, -0.05) is 23.2 Å². The molecular weight excluding hydrogens is 323 g/mol. The normalized spacial score (nSPS) is 14.2. The van der Waals surface area contributed by atoms with Crippen LogP contribution in [0.1, 0.15) is 23.3 Å². The van der Waals surface area contributed by atoms with E-state index in [4.69, 9.17) is 23.2 Å². The first-order valence-corrected chi connectivity index (χ1v) is 7.72. The molecule has 1 amide bonds. The van der Waals surface area contributed by atoms with Crippen LogP contribution >= 0.6 is 23.2 Å². The molecule has 0 atom stereocenters. The second-order valence-corrected chi connectivity index (χ2v) is 5.85. The van der Waals surface area contributed by atoms with Crippen molar-refractivity contribution in [1.29, 1.82) is 0 Å². The number of aromatic nitrogens is 2. The van der Waals surface area contributed by atoms with Gasteiger partial charge in [-0.15, -0.1) is 0 Å². The van der Waals surface area contributed by atoms with Crippen molar-refractivity contribution in [2.24, 2.45) is 0 Å². The quantitative estimate of drug-likeness (QED) is 0.929. The summed E-state index contributed by atoms with van der Waals surface area (Å²) in [7, 11) is 0. The minimum Gasteiger partial charge on any atom is -0.357 e. The molecule has 3 rings (SSSR count). The smallest absolute Gasteiger partial charge is 0.274 e. The van der Waals surface area contributed by atoms with Crippen LogP contribution in [0.5, 0.6) is 0 Å².